The van der Waals surface area contributed by atoms with Crippen LogP contribution in [0.5, 0.6) is 0 Å². The van der Waals surface area contributed by atoms with E-state index in [1.165, 1.54) is 32.4 Å². The zero-order valence-electron chi connectivity index (χ0n) is 18.1. The van der Waals surface area contributed by atoms with Gasteiger partial charge in [0.2, 0.25) is 0 Å². The maximum Gasteiger partial charge on any atom is 0.300 e. The number of rotatable bonds is 7. The molecule has 3 fully saturated rings. The molecule has 3 rings (SSSR count). The van der Waals surface area contributed by atoms with E-state index in [1.54, 1.807) is 4.90 Å². The van der Waals surface area contributed by atoms with Gasteiger partial charge in [0.1, 0.15) is 5.82 Å². The number of nitrogens with zero attached hydrogens (tertiary/aromatic N) is 6. The molecule has 3 heterocycles. The molecule has 6 nitrogen and oxygen atoms in total. The highest BCUT2D eigenvalue weighted by molar-refractivity contribution is 5.32. The first-order valence-electron chi connectivity index (χ1n) is 11.3. The maximum atomic E-state index is 13.4. The molecule has 3 aliphatic rings. The highest BCUT2D eigenvalue weighted by atomic mass is 19.3. The summed E-state index contributed by atoms with van der Waals surface area (Å²) in [5, 5.41) is 9.51. The van der Waals surface area contributed by atoms with Crippen LogP contribution in [-0.4, -0.2) is 91.0 Å². The lowest BCUT2D eigenvalue weighted by Gasteiger charge is -2.43. The van der Waals surface area contributed by atoms with Gasteiger partial charge in [-0.15, -0.1) is 0 Å². The van der Waals surface area contributed by atoms with Crippen molar-refractivity contribution < 1.29 is 8.78 Å². The van der Waals surface area contributed by atoms with Crippen molar-refractivity contribution in [3.8, 4) is 6.07 Å². The lowest BCUT2D eigenvalue weighted by atomic mass is 10.00. The topological polar surface area (TPSA) is 41.1 Å². The minimum absolute atomic E-state index is 0.0593. The Kier molecular flexibility index (Phi) is 7.91. The average molecular weight is 421 g/mol. The number of hydrogen-bond donors (Lipinski definition) is 0. The number of piperidine rings is 2. The molecule has 0 atom stereocenters. The molecule has 30 heavy (non-hydrogen) atoms. The molecule has 0 spiro atoms. The van der Waals surface area contributed by atoms with E-state index in [2.05, 4.69) is 20.7 Å². The van der Waals surface area contributed by atoms with E-state index in [0.717, 1.165) is 32.4 Å². The number of hydrogen-bond acceptors (Lipinski definition) is 5. The SMILES string of the molecule is [C-]#[N+]/C(C#N)=C(\N(C)CCCN1CCC(F)(F)C1)N1CCC(N2CCCCC2)CC1. The lowest BCUT2D eigenvalue weighted by Crippen LogP contribution is -2.48. The van der Waals surface area contributed by atoms with Crippen molar-refractivity contribution >= 4 is 0 Å². The molecule has 0 aromatic carbocycles. The molecule has 0 saturated carbocycles. The minimum Gasteiger partial charge on any atom is -0.369 e. The quantitative estimate of drug-likeness (QED) is 0.467. The van der Waals surface area contributed by atoms with Gasteiger partial charge in [0.05, 0.1) is 19.2 Å². The Bertz CT molecular complexity index is 665. The molecular formula is C22H34F2N6. The summed E-state index contributed by atoms with van der Waals surface area (Å²) in [6.45, 7) is 13.1. The Balaban J connectivity index is 1.55. The third kappa shape index (κ3) is 5.83. The van der Waals surface area contributed by atoms with Crippen molar-refractivity contribution in [3.63, 3.8) is 0 Å². The number of likely N-dealkylation sites (tertiary alicyclic amines) is 3. The molecule has 8 heteroatoms. The molecule has 0 N–H and O–H groups in total. The van der Waals surface area contributed by atoms with Gasteiger partial charge < -0.3 is 14.7 Å². The predicted molar refractivity (Wildman–Crippen MR) is 113 cm³/mol. The fourth-order valence-electron chi connectivity index (χ4n) is 5.06. The maximum absolute atomic E-state index is 13.4. The van der Waals surface area contributed by atoms with Crippen LogP contribution in [0.2, 0.25) is 0 Å². The normalized spacial score (nSPS) is 24.2. The first kappa shape index (κ1) is 22.8. The van der Waals surface area contributed by atoms with Crippen molar-refractivity contribution in [2.24, 2.45) is 0 Å². The Morgan fingerprint density at radius 2 is 1.87 bits per heavy atom. The summed E-state index contributed by atoms with van der Waals surface area (Å²) < 4.78 is 26.8. The van der Waals surface area contributed by atoms with E-state index < -0.39 is 5.92 Å². The smallest absolute Gasteiger partial charge is 0.300 e. The molecule has 0 aromatic heterocycles. The molecule has 0 unspecified atom stereocenters. The third-order valence-electron chi connectivity index (χ3n) is 6.68. The molecule has 166 valence electrons. The number of nitriles is 1. The van der Waals surface area contributed by atoms with Crippen LogP contribution in [0.1, 0.15) is 44.9 Å². The van der Waals surface area contributed by atoms with Gasteiger partial charge in [-0.25, -0.2) is 18.9 Å². The van der Waals surface area contributed by atoms with E-state index in [0.29, 0.717) is 31.5 Å². The first-order chi connectivity index (χ1) is 14.4. The molecule has 3 saturated heterocycles. The van der Waals surface area contributed by atoms with Crippen molar-refractivity contribution in [1.29, 1.82) is 5.26 Å². The molecule has 0 radical (unpaired) electrons. The summed E-state index contributed by atoms with van der Waals surface area (Å²) in [4.78, 5) is 12.1. The second-order valence-electron chi connectivity index (χ2n) is 8.87. The second-order valence-corrected chi connectivity index (χ2v) is 8.87. The Morgan fingerprint density at radius 3 is 2.43 bits per heavy atom. The van der Waals surface area contributed by atoms with E-state index in [1.807, 2.05) is 11.9 Å². The number of halogens is 2. The Morgan fingerprint density at radius 1 is 1.17 bits per heavy atom. The van der Waals surface area contributed by atoms with Crippen molar-refractivity contribution in [2.75, 3.05) is 59.4 Å². The summed E-state index contributed by atoms with van der Waals surface area (Å²) in [6.07, 6.45) is 6.68. The van der Waals surface area contributed by atoms with Gasteiger partial charge in [0.25, 0.3) is 5.92 Å². The van der Waals surface area contributed by atoms with E-state index >= 15 is 0 Å². The van der Waals surface area contributed by atoms with Crippen LogP contribution in [0.4, 0.5) is 8.78 Å². The monoisotopic (exact) mass is 420 g/mol. The van der Waals surface area contributed by atoms with Gasteiger partial charge in [-0.3, -0.25) is 4.90 Å². The summed E-state index contributed by atoms with van der Waals surface area (Å²) in [7, 11) is 1.91. The fourth-order valence-corrected chi connectivity index (χ4v) is 5.06. The summed E-state index contributed by atoms with van der Waals surface area (Å²) >= 11 is 0. The molecule has 0 aromatic rings. The Hall–Kier alpha value is -1.90. The molecular weight excluding hydrogens is 386 g/mol. The van der Waals surface area contributed by atoms with Gasteiger partial charge in [-0.2, -0.15) is 0 Å². The number of alkyl halides is 2. The second kappa shape index (κ2) is 10.4. The summed E-state index contributed by atoms with van der Waals surface area (Å²) in [6, 6.07) is 2.67. The molecule has 0 aliphatic carbocycles. The van der Waals surface area contributed by atoms with Crippen molar-refractivity contribution in [2.45, 2.75) is 56.9 Å². The zero-order valence-corrected chi connectivity index (χ0v) is 18.1. The molecule has 0 amide bonds. The van der Waals surface area contributed by atoms with Crippen LogP contribution in [0.3, 0.4) is 0 Å². The summed E-state index contributed by atoms with van der Waals surface area (Å²) in [5.74, 6) is -1.86. The van der Waals surface area contributed by atoms with E-state index in [9.17, 15) is 14.0 Å². The third-order valence-corrected chi connectivity index (χ3v) is 6.68. The summed E-state index contributed by atoms with van der Waals surface area (Å²) in [5.41, 5.74) is 0.127. The standard InChI is InChI=1S/C22H34F2N6/c1-26-20(17-25)21(27(2)10-6-11-28-16-9-22(23,24)18-28)30-14-7-19(8-15-30)29-12-4-3-5-13-29/h19H,3-16,18H2,2H3/b21-20+. The van der Waals surface area contributed by atoms with Crippen LogP contribution >= 0.6 is 0 Å². The van der Waals surface area contributed by atoms with Crippen LogP contribution in [-0.2, 0) is 0 Å². The zero-order chi connectivity index (χ0) is 21.6. The van der Waals surface area contributed by atoms with Crippen LogP contribution in [0, 0.1) is 17.9 Å². The fraction of sp³-hybridized carbons (Fsp3) is 0.818. The van der Waals surface area contributed by atoms with E-state index in [4.69, 9.17) is 6.57 Å². The Labute approximate surface area is 179 Å². The highest BCUT2D eigenvalue weighted by Crippen LogP contribution is 2.28. The average Bonchev–Trinajstić information content (AvgIpc) is 3.11. The van der Waals surface area contributed by atoms with Crippen molar-refractivity contribution in [3.05, 3.63) is 22.9 Å². The highest BCUT2D eigenvalue weighted by Gasteiger charge is 2.37. The van der Waals surface area contributed by atoms with Gasteiger partial charge in [-0.05, 0) is 45.2 Å². The molecule has 3 aliphatic heterocycles. The lowest BCUT2D eigenvalue weighted by molar-refractivity contribution is 0.0120. The van der Waals surface area contributed by atoms with Gasteiger partial charge in [0.15, 0.2) is 0 Å². The first-order valence-corrected chi connectivity index (χ1v) is 11.3. The van der Waals surface area contributed by atoms with Gasteiger partial charge in [-0.1, -0.05) is 6.42 Å². The van der Waals surface area contributed by atoms with Gasteiger partial charge in [0, 0.05) is 52.2 Å². The van der Waals surface area contributed by atoms with Gasteiger partial charge >= 0.3 is 5.70 Å². The predicted octanol–water partition coefficient (Wildman–Crippen LogP) is 3.21. The van der Waals surface area contributed by atoms with Crippen LogP contribution < -0.4 is 0 Å². The minimum atomic E-state index is -2.56. The van der Waals surface area contributed by atoms with Crippen molar-refractivity contribution in [1.82, 2.24) is 19.6 Å². The van der Waals surface area contributed by atoms with Crippen LogP contribution in [0.15, 0.2) is 11.5 Å². The van der Waals surface area contributed by atoms with E-state index in [-0.39, 0.29) is 18.7 Å². The van der Waals surface area contributed by atoms with Crippen LogP contribution in [0.25, 0.3) is 4.85 Å². The largest absolute Gasteiger partial charge is 0.369 e. The molecule has 0 bridgehead atoms. The number of allylic oxidation sites excluding steroid dienone is 1.